The van der Waals surface area contributed by atoms with Crippen LogP contribution in [0.3, 0.4) is 0 Å². The van der Waals surface area contributed by atoms with Crippen molar-refractivity contribution in [1.29, 1.82) is 0 Å². The van der Waals surface area contributed by atoms with Crippen LogP contribution in [0.1, 0.15) is 16.8 Å². The zero-order valence-electron chi connectivity index (χ0n) is 11.8. The topological polar surface area (TPSA) is 92.9 Å². The van der Waals surface area contributed by atoms with Crippen LogP contribution in [0.4, 0.5) is 5.69 Å². The molecule has 0 unspecified atom stereocenters. The minimum atomic E-state index is -0.516. The average molecular weight is 284 g/mol. The van der Waals surface area contributed by atoms with Crippen LogP contribution in [0.25, 0.3) is 0 Å². The molecule has 1 aromatic heterocycles. The zero-order valence-corrected chi connectivity index (χ0v) is 11.8. The first-order chi connectivity index (χ1) is 9.69. The molecule has 1 aromatic rings. The number of ether oxygens (including phenoxy) is 4. The summed E-state index contributed by atoms with van der Waals surface area (Å²) in [6.45, 7) is 2.14. The summed E-state index contributed by atoms with van der Waals surface area (Å²) in [5.74, 6) is -0.186. The molecule has 1 heterocycles. The number of nitrogens with zero attached hydrogens (tertiary/aromatic N) is 1. The highest BCUT2D eigenvalue weighted by Gasteiger charge is 2.12. The van der Waals surface area contributed by atoms with Gasteiger partial charge in [0.05, 0.1) is 44.4 Å². The number of pyridine rings is 1. The molecule has 7 heteroatoms. The molecule has 0 saturated carbocycles. The first kappa shape index (κ1) is 16.2. The fraction of sp³-hybridized carbons (Fsp3) is 0.538. The van der Waals surface area contributed by atoms with Gasteiger partial charge >= 0.3 is 5.97 Å². The molecule has 2 N–H and O–H groups in total. The minimum Gasteiger partial charge on any atom is -0.478 e. The van der Waals surface area contributed by atoms with Crippen molar-refractivity contribution in [3.63, 3.8) is 0 Å². The molecule has 0 atom stereocenters. The minimum absolute atomic E-state index is 0.244. The van der Waals surface area contributed by atoms with Crippen LogP contribution < -0.4 is 10.5 Å². The quantitative estimate of drug-likeness (QED) is 0.531. The molecule has 0 aliphatic heterocycles. The van der Waals surface area contributed by atoms with Gasteiger partial charge in [0.1, 0.15) is 0 Å². The third-order valence-corrected chi connectivity index (χ3v) is 2.43. The van der Waals surface area contributed by atoms with E-state index in [1.165, 1.54) is 19.4 Å². The van der Waals surface area contributed by atoms with E-state index in [0.717, 1.165) is 0 Å². The van der Waals surface area contributed by atoms with Crippen LogP contribution in [-0.2, 0) is 14.2 Å². The smallest absolute Gasteiger partial charge is 0.340 e. The monoisotopic (exact) mass is 284 g/mol. The molecule has 7 nitrogen and oxygen atoms in total. The largest absolute Gasteiger partial charge is 0.478 e. The van der Waals surface area contributed by atoms with Gasteiger partial charge in [-0.15, -0.1) is 0 Å². The number of rotatable bonds is 9. The molecule has 0 bridgehead atoms. The van der Waals surface area contributed by atoms with Gasteiger partial charge in [-0.05, 0) is 0 Å². The van der Waals surface area contributed by atoms with Gasteiger partial charge in [-0.25, -0.2) is 9.78 Å². The Kier molecular flexibility index (Phi) is 7.38. The van der Waals surface area contributed by atoms with E-state index >= 15 is 0 Å². The summed E-state index contributed by atoms with van der Waals surface area (Å²) in [4.78, 5) is 15.4. The number of esters is 1. The lowest BCUT2D eigenvalue weighted by Crippen LogP contribution is -2.09. The maximum atomic E-state index is 11.4. The molecule has 112 valence electrons. The molecule has 0 radical (unpaired) electrons. The Labute approximate surface area is 118 Å². The molecular weight excluding hydrogens is 264 g/mol. The van der Waals surface area contributed by atoms with E-state index in [4.69, 9.17) is 19.9 Å². The Bertz CT molecular complexity index is 425. The fourth-order valence-electron chi connectivity index (χ4n) is 1.39. The standard InChI is InChI=1S/C13H20N2O5/c1-17-6-7-19-4-3-5-20-12-8-10(13(16)18-2)11(14)9-15-12/h8-9H,3-7,14H2,1-2H3. The zero-order chi connectivity index (χ0) is 14.8. The highest BCUT2D eigenvalue weighted by molar-refractivity contribution is 5.95. The molecule has 0 aromatic carbocycles. The van der Waals surface area contributed by atoms with Gasteiger partial charge in [-0.1, -0.05) is 0 Å². The Morgan fingerprint density at radius 2 is 2.05 bits per heavy atom. The predicted molar refractivity (Wildman–Crippen MR) is 72.8 cm³/mol. The fourth-order valence-corrected chi connectivity index (χ4v) is 1.39. The van der Waals surface area contributed by atoms with Gasteiger partial charge < -0.3 is 24.7 Å². The number of methoxy groups -OCH3 is 2. The van der Waals surface area contributed by atoms with E-state index in [9.17, 15) is 4.79 Å². The normalized spacial score (nSPS) is 10.3. The Hall–Kier alpha value is -1.86. The molecule has 1 rings (SSSR count). The molecule has 0 amide bonds. The van der Waals surface area contributed by atoms with Crippen LogP contribution in [0.2, 0.25) is 0 Å². The maximum Gasteiger partial charge on any atom is 0.340 e. The summed E-state index contributed by atoms with van der Waals surface area (Å²) in [5.41, 5.74) is 6.14. The van der Waals surface area contributed by atoms with Crippen molar-refractivity contribution < 1.29 is 23.7 Å². The number of nitrogen functional groups attached to an aromatic ring is 1. The number of hydrogen-bond donors (Lipinski definition) is 1. The van der Waals surface area contributed by atoms with E-state index in [1.54, 1.807) is 7.11 Å². The van der Waals surface area contributed by atoms with Gasteiger partial charge in [-0.2, -0.15) is 0 Å². The summed E-state index contributed by atoms with van der Waals surface area (Å²) in [6.07, 6.45) is 2.08. The van der Waals surface area contributed by atoms with Crippen LogP contribution in [0.5, 0.6) is 5.88 Å². The Balaban J connectivity index is 2.35. The number of aromatic nitrogens is 1. The third-order valence-electron chi connectivity index (χ3n) is 2.43. The number of hydrogen-bond acceptors (Lipinski definition) is 7. The highest BCUT2D eigenvalue weighted by atomic mass is 16.5. The average Bonchev–Trinajstić information content (AvgIpc) is 2.47. The van der Waals surface area contributed by atoms with Crippen molar-refractivity contribution in [3.05, 3.63) is 17.8 Å². The van der Waals surface area contributed by atoms with Gasteiger partial charge in [0.2, 0.25) is 5.88 Å². The lowest BCUT2D eigenvalue weighted by Gasteiger charge is -2.08. The number of carbonyl (C=O) groups excluding carboxylic acids is 1. The summed E-state index contributed by atoms with van der Waals surface area (Å²) >= 11 is 0. The van der Waals surface area contributed by atoms with Crippen LogP contribution in [-0.4, -0.2) is 51.6 Å². The van der Waals surface area contributed by atoms with Gasteiger partial charge in [-0.3, -0.25) is 0 Å². The summed E-state index contributed by atoms with van der Waals surface area (Å²) in [5, 5.41) is 0. The van der Waals surface area contributed by atoms with Crippen molar-refractivity contribution in [2.75, 3.05) is 46.4 Å². The Morgan fingerprint density at radius 3 is 2.75 bits per heavy atom. The van der Waals surface area contributed by atoms with E-state index in [2.05, 4.69) is 9.72 Å². The van der Waals surface area contributed by atoms with Crippen molar-refractivity contribution in [2.45, 2.75) is 6.42 Å². The second-order valence-electron chi connectivity index (χ2n) is 3.91. The first-order valence-corrected chi connectivity index (χ1v) is 6.22. The number of carbonyl (C=O) groups is 1. The second kappa shape index (κ2) is 9.11. The molecule has 0 aliphatic carbocycles. The molecule has 20 heavy (non-hydrogen) atoms. The van der Waals surface area contributed by atoms with Gasteiger partial charge in [0, 0.05) is 26.2 Å². The first-order valence-electron chi connectivity index (χ1n) is 6.22. The predicted octanol–water partition coefficient (Wildman–Crippen LogP) is 0.882. The summed E-state index contributed by atoms with van der Waals surface area (Å²) in [7, 11) is 2.91. The highest BCUT2D eigenvalue weighted by Crippen LogP contribution is 2.17. The molecule has 0 spiro atoms. The maximum absolute atomic E-state index is 11.4. The Morgan fingerprint density at radius 1 is 1.25 bits per heavy atom. The molecule has 0 aliphatic rings. The van der Waals surface area contributed by atoms with Gasteiger partial charge in [0.25, 0.3) is 0 Å². The van der Waals surface area contributed by atoms with E-state index in [-0.39, 0.29) is 11.3 Å². The van der Waals surface area contributed by atoms with E-state index in [1.807, 2.05) is 0 Å². The summed E-state index contributed by atoms with van der Waals surface area (Å²) in [6, 6.07) is 1.47. The lowest BCUT2D eigenvalue weighted by molar-refractivity contribution is 0.0599. The van der Waals surface area contributed by atoms with Crippen molar-refractivity contribution in [2.24, 2.45) is 0 Å². The van der Waals surface area contributed by atoms with Crippen LogP contribution >= 0.6 is 0 Å². The third kappa shape index (κ3) is 5.41. The molecule has 0 saturated heterocycles. The second-order valence-corrected chi connectivity index (χ2v) is 3.91. The number of anilines is 1. The van der Waals surface area contributed by atoms with E-state index < -0.39 is 5.97 Å². The van der Waals surface area contributed by atoms with E-state index in [0.29, 0.717) is 38.7 Å². The SMILES string of the molecule is COCCOCCCOc1cc(C(=O)OC)c(N)cn1. The van der Waals surface area contributed by atoms with Gasteiger partial charge in [0.15, 0.2) is 0 Å². The van der Waals surface area contributed by atoms with Crippen molar-refractivity contribution in [1.82, 2.24) is 4.98 Å². The summed E-state index contributed by atoms with van der Waals surface area (Å²) < 4.78 is 20.2. The molecular formula is C13H20N2O5. The van der Waals surface area contributed by atoms with Crippen molar-refractivity contribution >= 4 is 11.7 Å². The van der Waals surface area contributed by atoms with Crippen LogP contribution in [0, 0.1) is 0 Å². The lowest BCUT2D eigenvalue weighted by atomic mass is 10.2. The molecule has 0 fully saturated rings. The van der Waals surface area contributed by atoms with Crippen molar-refractivity contribution in [3.8, 4) is 5.88 Å². The number of nitrogens with two attached hydrogens (primary N) is 1. The van der Waals surface area contributed by atoms with Crippen LogP contribution in [0.15, 0.2) is 12.3 Å².